The van der Waals surface area contributed by atoms with Crippen molar-refractivity contribution in [3.63, 3.8) is 0 Å². The molecule has 164 valence electrons. The smallest absolute Gasteiger partial charge is 0.341 e. The van der Waals surface area contributed by atoms with E-state index in [0.29, 0.717) is 10.6 Å². The number of ether oxygens (including phenoxy) is 2. The average molecular weight is 466 g/mol. The van der Waals surface area contributed by atoms with Crippen molar-refractivity contribution >= 4 is 40.0 Å². The zero-order valence-corrected chi connectivity index (χ0v) is 18.7. The number of carbonyl (C=O) groups is 2. The van der Waals surface area contributed by atoms with E-state index in [2.05, 4.69) is 15.5 Å². The Hall–Kier alpha value is -2.92. The molecule has 11 heteroatoms. The van der Waals surface area contributed by atoms with Crippen LogP contribution in [-0.4, -0.2) is 34.4 Å². The molecule has 2 aromatic heterocycles. The van der Waals surface area contributed by atoms with Crippen LogP contribution in [0, 0.1) is 19.7 Å². The maximum Gasteiger partial charge on any atom is 0.341 e. The summed E-state index contributed by atoms with van der Waals surface area (Å²) in [6.07, 6.45) is 0. The summed E-state index contributed by atoms with van der Waals surface area (Å²) < 4.78 is 29.4. The lowest BCUT2D eigenvalue weighted by Gasteiger charge is -2.06. The number of nitrogens with zero attached hydrogens (tertiary/aromatic N) is 2. The van der Waals surface area contributed by atoms with Crippen LogP contribution in [0.25, 0.3) is 0 Å². The second-order valence-electron chi connectivity index (χ2n) is 6.23. The number of halogens is 1. The number of hydrogen-bond donors (Lipinski definition) is 1. The van der Waals surface area contributed by atoms with Gasteiger partial charge in [0, 0.05) is 4.88 Å². The van der Waals surface area contributed by atoms with Crippen LogP contribution >= 0.6 is 23.1 Å². The molecule has 0 saturated heterocycles. The number of amides is 1. The zero-order chi connectivity index (χ0) is 22.4. The number of benzene rings is 1. The van der Waals surface area contributed by atoms with Crippen molar-refractivity contribution in [1.29, 1.82) is 0 Å². The molecule has 0 fully saturated rings. The van der Waals surface area contributed by atoms with E-state index < -0.39 is 11.8 Å². The molecule has 0 saturated carbocycles. The maximum absolute atomic E-state index is 13.6. The highest BCUT2D eigenvalue weighted by Crippen LogP contribution is 2.33. The maximum atomic E-state index is 13.6. The van der Waals surface area contributed by atoms with Crippen LogP contribution in [0.3, 0.4) is 0 Å². The summed E-state index contributed by atoms with van der Waals surface area (Å²) in [5.74, 6) is -1.07. The second kappa shape index (κ2) is 10.4. The van der Waals surface area contributed by atoms with Crippen LogP contribution in [0.2, 0.25) is 0 Å². The van der Waals surface area contributed by atoms with Crippen LogP contribution < -0.4 is 10.1 Å². The number of para-hydroxylation sites is 1. The van der Waals surface area contributed by atoms with E-state index in [1.54, 1.807) is 19.1 Å². The van der Waals surface area contributed by atoms with E-state index in [0.717, 1.165) is 22.2 Å². The van der Waals surface area contributed by atoms with Crippen molar-refractivity contribution in [1.82, 2.24) is 10.2 Å². The highest BCUT2D eigenvalue weighted by atomic mass is 32.2. The summed E-state index contributed by atoms with van der Waals surface area (Å²) in [5, 5.41) is 11.0. The van der Waals surface area contributed by atoms with Gasteiger partial charge >= 0.3 is 5.97 Å². The van der Waals surface area contributed by atoms with Crippen LogP contribution in [0.1, 0.15) is 33.6 Å². The standard InChI is InChI=1S/C20H20FN3O5S2/c1-4-27-19(26)17-11(2)12(3)31-18(17)22-15(25)10-30-20-24-23-16(29-20)9-28-14-8-6-5-7-13(14)21/h5-8H,4,9-10H2,1-3H3,(H,22,25). The molecule has 0 spiro atoms. The van der Waals surface area contributed by atoms with Gasteiger partial charge in [-0.25, -0.2) is 9.18 Å². The molecule has 0 atom stereocenters. The number of carbonyl (C=O) groups excluding carboxylic acids is 2. The number of thiophene rings is 1. The van der Waals surface area contributed by atoms with Crippen molar-refractivity contribution in [3.05, 3.63) is 52.0 Å². The molecule has 1 N–H and O–H groups in total. The first-order chi connectivity index (χ1) is 14.9. The number of nitrogens with one attached hydrogen (secondary N) is 1. The molecule has 8 nitrogen and oxygen atoms in total. The topological polar surface area (TPSA) is 104 Å². The number of aryl methyl sites for hydroxylation is 1. The lowest BCUT2D eigenvalue weighted by Crippen LogP contribution is -2.16. The van der Waals surface area contributed by atoms with Crippen molar-refractivity contribution in [2.24, 2.45) is 0 Å². The lowest BCUT2D eigenvalue weighted by atomic mass is 10.1. The molecule has 0 aliphatic carbocycles. The summed E-state index contributed by atoms with van der Waals surface area (Å²) in [6.45, 7) is 5.55. The van der Waals surface area contributed by atoms with Gasteiger partial charge in [0.25, 0.3) is 11.1 Å². The van der Waals surface area contributed by atoms with Gasteiger partial charge in [-0.2, -0.15) is 0 Å². The first-order valence-corrected chi connectivity index (χ1v) is 11.1. The third-order valence-electron chi connectivity index (χ3n) is 4.08. The summed E-state index contributed by atoms with van der Waals surface area (Å²) in [4.78, 5) is 25.5. The predicted octanol–water partition coefficient (Wildman–Crippen LogP) is 4.37. The molecular formula is C20H20FN3O5S2. The van der Waals surface area contributed by atoms with E-state index in [1.165, 1.54) is 23.5 Å². The lowest BCUT2D eigenvalue weighted by molar-refractivity contribution is -0.113. The summed E-state index contributed by atoms with van der Waals surface area (Å²) >= 11 is 2.35. The van der Waals surface area contributed by atoms with Gasteiger partial charge < -0.3 is 19.2 Å². The number of hydrogen-bond acceptors (Lipinski definition) is 9. The number of thioether (sulfide) groups is 1. The average Bonchev–Trinajstić information content (AvgIpc) is 3.30. The molecular weight excluding hydrogens is 445 g/mol. The van der Waals surface area contributed by atoms with Crippen LogP contribution in [0.5, 0.6) is 5.75 Å². The van der Waals surface area contributed by atoms with Gasteiger partial charge in [0.15, 0.2) is 18.2 Å². The highest BCUT2D eigenvalue weighted by molar-refractivity contribution is 7.99. The van der Waals surface area contributed by atoms with Gasteiger partial charge in [-0.15, -0.1) is 21.5 Å². The fourth-order valence-corrected chi connectivity index (χ4v) is 4.16. The molecule has 1 amide bonds. The van der Waals surface area contributed by atoms with Gasteiger partial charge in [0.2, 0.25) is 5.91 Å². The minimum atomic E-state index is -0.491. The highest BCUT2D eigenvalue weighted by Gasteiger charge is 2.22. The number of aromatic nitrogens is 2. The minimum absolute atomic E-state index is 0.00589. The molecule has 0 unspecified atom stereocenters. The van der Waals surface area contributed by atoms with Gasteiger partial charge in [0.1, 0.15) is 5.00 Å². The molecule has 2 heterocycles. The predicted molar refractivity (Wildman–Crippen MR) is 114 cm³/mol. The second-order valence-corrected chi connectivity index (χ2v) is 8.38. The Morgan fingerprint density at radius 3 is 2.77 bits per heavy atom. The largest absolute Gasteiger partial charge is 0.481 e. The van der Waals surface area contributed by atoms with Crippen molar-refractivity contribution in [2.45, 2.75) is 32.6 Å². The molecule has 3 aromatic rings. The molecule has 3 rings (SSSR count). The Balaban J connectivity index is 1.54. The fraction of sp³-hybridized carbons (Fsp3) is 0.300. The van der Waals surface area contributed by atoms with E-state index in [4.69, 9.17) is 13.9 Å². The Morgan fingerprint density at radius 2 is 2.03 bits per heavy atom. The van der Waals surface area contributed by atoms with Crippen LogP contribution in [-0.2, 0) is 16.1 Å². The Morgan fingerprint density at radius 1 is 1.26 bits per heavy atom. The van der Waals surface area contributed by atoms with Crippen molar-refractivity contribution in [3.8, 4) is 5.75 Å². The van der Waals surface area contributed by atoms with E-state index in [-0.39, 0.29) is 41.7 Å². The third-order valence-corrected chi connectivity index (χ3v) is 6.02. The number of esters is 1. The van der Waals surface area contributed by atoms with Gasteiger partial charge in [-0.3, -0.25) is 4.79 Å². The third kappa shape index (κ3) is 5.82. The minimum Gasteiger partial charge on any atom is -0.481 e. The molecule has 1 aromatic carbocycles. The summed E-state index contributed by atoms with van der Waals surface area (Å²) in [5.41, 5.74) is 1.15. The Labute approximate surface area is 186 Å². The molecule has 0 bridgehead atoms. The van der Waals surface area contributed by atoms with E-state index >= 15 is 0 Å². The van der Waals surface area contributed by atoms with E-state index in [1.807, 2.05) is 13.8 Å². The van der Waals surface area contributed by atoms with E-state index in [9.17, 15) is 14.0 Å². The first-order valence-electron chi connectivity index (χ1n) is 9.28. The van der Waals surface area contributed by atoms with Gasteiger partial charge in [-0.05, 0) is 38.5 Å². The monoisotopic (exact) mass is 465 g/mol. The van der Waals surface area contributed by atoms with Gasteiger partial charge in [0.05, 0.1) is 17.9 Å². The molecule has 0 aliphatic rings. The van der Waals surface area contributed by atoms with Crippen LogP contribution in [0.15, 0.2) is 33.9 Å². The Kier molecular flexibility index (Phi) is 7.64. The van der Waals surface area contributed by atoms with Crippen molar-refractivity contribution in [2.75, 3.05) is 17.7 Å². The molecule has 31 heavy (non-hydrogen) atoms. The fourth-order valence-electron chi connectivity index (χ4n) is 2.51. The van der Waals surface area contributed by atoms with Crippen molar-refractivity contribution < 1.29 is 27.9 Å². The molecule has 0 radical (unpaired) electrons. The summed E-state index contributed by atoms with van der Waals surface area (Å²) in [7, 11) is 0. The Bertz CT molecular complexity index is 1080. The number of rotatable bonds is 9. The zero-order valence-electron chi connectivity index (χ0n) is 17.1. The SMILES string of the molecule is CCOC(=O)c1c(NC(=O)CSc2nnc(COc3ccccc3F)o2)sc(C)c1C. The molecule has 0 aliphatic heterocycles. The summed E-state index contributed by atoms with van der Waals surface area (Å²) in [6, 6.07) is 5.98. The van der Waals surface area contributed by atoms with Crippen LogP contribution in [0.4, 0.5) is 9.39 Å². The number of anilines is 1. The first kappa shape index (κ1) is 22.8. The normalized spacial score (nSPS) is 10.7. The van der Waals surface area contributed by atoms with Gasteiger partial charge in [-0.1, -0.05) is 23.9 Å². The quantitative estimate of drug-likeness (QED) is 0.367.